The van der Waals surface area contributed by atoms with Crippen molar-refractivity contribution in [2.45, 2.75) is 19.3 Å². The van der Waals surface area contributed by atoms with Crippen LogP contribution < -0.4 is 10.6 Å². The number of carbonyl (C=O) groups is 1. The number of hydrogen-bond acceptors (Lipinski definition) is 2. The van der Waals surface area contributed by atoms with Gasteiger partial charge >= 0.3 is 0 Å². The van der Waals surface area contributed by atoms with Crippen LogP contribution in [0.15, 0.2) is 28.7 Å². The van der Waals surface area contributed by atoms with Crippen LogP contribution in [0.5, 0.6) is 0 Å². The zero-order valence-electron chi connectivity index (χ0n) is 10.8. The molecule has 1 amide bonds. The van der Waals surface area contributed by atoms with Gasteiger partial charge in [0, 0.05) is 11.0 Å². The molecule has 0 spiro atoms. The van der Waals surface area contributed by atoms with Gasteiger partial charge < -0.3 is 10.6 Å². The number of hydrogen-bond donors (Lipinski definition) is 2. The molecule has 0 radical (unpaired) electrons. The van der Waals surface area contributed by atoms with Crippen molar-refractivity contribution in [3.63, 3.8) is 0 Å². The van der Waals surface area contributed by atoms with Crippen LogP contribution >= 0.6 is 28.3 Å². The lowest BCUT2D eigenvalue weighted by atomic mass is 9.98. The molecule has 1 aliphatic rings. The summed E-state index contributed by atoms with van der Waals surface area (Å²) in [6.45, 7) is 2.97. The molecule has 0 saturated carbocycles. The summed E-state index contributed by atoms with van der Waals surface area (Å²) in [6, 6.07) is 7.90. The highest BCUT2D eigenvalue weighted by Crippen LogP contribution is 2.12. The van der Waals surface area contributed by atoms with E-state index in [1.165, 1.54) is 0 Å². The van der Waals surface area contributed by atoms with Crippen LogP contribution in [-0.2, 0) is 11.2 Å². The molecule has 0 aliphatic carbocycles. The average molecular weight is 348 g/mol. The molecule has 0 unspecified atom stereocenters. The fourth-order valence-corrected chi connectivity index (χ4v) is 2.69. The Morgan fingerprint density at radius 3 is 2.79 bits per heavy atom. The maximum absolute atomic E-state index is 11.8. The second-order valence-electron chi connectivity index (χ2n) is 4.80. The van der Waals surface area contributed by atoms with Crippen LogP contribution in [0.1, 0.15) is 18.4 Å². The Hall–Kier alpha value is -0.580. The van der Waals surface area contributed by atoms with Crippen LogP contribution in [0.3, 0.4) is 0 Å². The largest absolute Gasteiger partial charge is 0.356 e. The number of rotatable bonds is 4. The highest BCUT2D eigenvalue weighted by atomic mass is 79.9. The molecule has 1 aromatic carbocycles. The third-order valence-electron chi connectivity index (χ3n) is 3.30. The lowest BCUT2D eigenvalue weighted by molar-refractivity contribution is -0.120. The van der Waals surface area contributed by atoms with Crippen molar-refractivity contribution in [3.05, 3.63) is 34.3 Å². The Morgan fingerprint density at radius 2 is 2.11 bits per heavy atom. The molecule has 0 bridgehead atoms. The molecule has 1 fully saturated rings. The van der Waals surface area contributed by atoms with Gasteiger partial charge in [-0.15, -0.1) is 12.4 Å². The minimum Gasteiger partial charge on any atom is -0.356 e. The Labute approximate surface area is 129 Å². The Bertz CT molecular complexity index is 408. The molecule has 5 heteroatoms. The second kappa shape index (κ2) is 8.56. The van der Waals surface area contributed by atoms with Crippen LogP contribution in [0.2, 0.25) is 0 Å². The third-order valence-corrected chi connectivity index (χ3v) is 3.79. The van der Waals surface area contributed by atoms with E-state index in [0.717, 1.165) is 42.5 Å². The van der Waals surface area contributed by atoms with E-state index in [2.05, 4.69) is 26.6 Å². The summed E-state index contributed by atoms with van der Waals surface area (Å²) in [4.78, 5) is 11.8. The van der Waals surface area contributed by atoms with Crippen molar-refractivity contribution in [1.29, 1.82) is 0 Å². The van der Waals surface area contributed by atoms with Gasteiger partial charge in [0.2, 0.25) is 5.91 Å². The van der Waals surface area contributed by atoms with Crippen molar-refractivity contribution < 1.29 is 4.79 Å². The minimum absolute atomic E-state index is 0. The standard InChI is InChI=1S/C14H19BrN2O.ClH/c15-13-3-1-2-12(8-13)9-14(18)17-10-11-4-6-16-7-5-11;/h1-3,8,11,16H,4-7,9-10H2,(H,17,18);1H. The number of carbonyl (C=O) groups excluding carboxylic acids is 1. The molecule has 3 nitrogen and oxygen atoms in total. The van der Waals surface area contributed by atoms with Crippen LogP contribution in [0.4, 0.5) is 0 Å². The summed E-state index contributed by atoms with van der Waals surface area (Å²) in [6.07, 6.45) is 2.79. The minimum atomic E-state index is 0. The van der Waals surface area contributed by atoms with Crippen molar-refractivity contribution in [1.82, 2.24) is 10.6 Å². The molecule has 1 saturated heterocycles. The number of amides is 1. The van der Waals surface area contributed by atoms with Gasteiger partial charge in [-0.2, -0.15) is 0 Å². The predicted octanol–water partition coefficient (Wildman–Crippen LogP) is 2.53. The van der Waals surface area contributed by atoms with Crippen molar-refractivity contribution >= 4 is 34.2 Å². The lowest BCUT2D eigenvalue weighted by Crippen LogP contribution is -2.36. The molecule has 2 rings (SSSR count). The first-order chi connectivity index (χ1) is 8.74. The van der Waals surface area contributed by atoms with E-state index < -0.39 is 0 Å². The summed E-state index contributed by atoms with van der Waals surface area (Å²) in [7, 11) is 0. The highest BCUT2D eigenvalue weighted by molar-refractivity contribution is 9.10. The number of halogens is 2. The average Bonchev–Trinajstić information content (AvgIpc) is 2.38. The van der Waals surface area contributed by atoms with Gasteiger partial charge in [-0.1, -0.05) is 28.1 Å². The third kappa shape index (κ3) is 5.93. The molecule has 106 valence electrons. The number of nitrogens with one attached hydrogen (secondary N) is 2. The second-order valence-corrected chi connectivity index (χ2v) is 5.72. The molecule has 1 aromatic rings. The normalized spacial score (nSPS) is 15.6. The summed E-state index contributed by atoms with van der Waals surface area (Å²) in [5.41, 5.74) is 1.05. The van der Waals surface area contributed by atoms with Crippen molar-refractivity contribution in [2.75, 3.05) is 19.6 Å². The van der Waals surface area contributed by atoms with Gasteiger partial charge in [-0.3, -0.25) is 4.79 Å². The first-order valence-corrected chi connectivity index (χ1v) is 7.25. The number of benzene rings is 1. The molecule has 1 aliphatic heterocycles. The quantitative estimate of drug-likeness (QED) is 0.879. The predicted molar refractivity (Wildman–Crippen MR) is 83.7 cm³/mol. The first kappa shape index (κ1) is 16.5. The van der Waals surface area contributed by atoms with Crippen molar-refractivity contribution in [3.8, 4) is 0 Å². The summed E-state index contributed by atoms with van der Waals surface area (Å²) < 4.78 is 1.02. The molecular formula is C14H20BrClN2O. The number of piperidine rings is 1. The zero-order chi connectivity index (χ0) is 12.8. The lowest BCUT2D eigenvalue weighted by Gasteiger charge is -2.22. The smallest absolute Gasteiger partial charge is 0.224 e. The first-order valence-electron chi connectivity index (χ1n) is 6.46. The van der Waals surface area contributed by atoms with E-state index in [1.54, 1.807) is 0 Å². The van der Waals surface area contributed by atoms with Gasteiger partial charge in [0.25, 0.3) is 0 Å². The molecule has 0 atom stereocenters. The van der Waals surface area contributed by atoms with E-state index in [1.807, 2.05) is 24.3 Å². The van der Waals surface area contributed by atoms with E-state index >= 15 is 0 Å². The van der Waals surface area contributed by atoms with E-state index in [0.29, 0.717) is 12.3 Å². The Morgan fingerprint density at radius 1 is 1.37 bits per heavy atom. The van der Waals surface area contributed by atoms with Gasteiger partial charge in [-0.05, 0) is 49.5 Å². The molecule has 19 heavy (non-hydrogen) atoms. The van der Waals surface area contributed by atoms with Crippen LogP contribution in [0.25, 0.3) is 0 Å². The topological polar surface area (TPSA) is 41.1 Å². The van der Waals surface area contributed by atoms with Gasteiger partial charge in [0.15, 0.2) is 0 Å². The molecule has 2 N–H and O–H groups in total. The van der Waals surface area contributed by atoms with E-state index in [9.17, 15) is 4.79 Å². The summed E-state index contributed by atoms with van der Waals surface area (Å²) >= 11 is 3.41. The fourth-order valence-electron chi connectivity index (χ4n) is 2.24. The van der Waals surface area contributed by atoms with Crippen LogP contribution in [0, 0.1) is 5.92 Å². The maximum atomic E-state index is 11.8. The van der Waals surface area contributed by atoms with Gasteiger partial charge in [-0.25, -0.2) is 0 Å². The highest BCUT2D eigenvalue weighted by Gasteiger charge is 2.13. The van der Waals surface area contributed by atoms with Crippen molar-refractivity contribution in [2.24, 2.45) is 5.92 Å². The van der Waals surface area contributed by atoms with E-state index in [4.69, 9.17) is 0 Å². The SMILES string of the molecule is Cl.O=C(Cc1cccc(Br)c1)NCC1CCNCC1. The monoisotopic (exact) mass is 346 g/mol. The van der Waals surface area contributed by atoms with Crippen LogP contribution in [-0.4, -0.2) is 25.5 Å². The molecule has 1 heterocycles. The zero-order valence-corrected chi connectivity index (χ0v) is 13.2. The Balaban J connectivity index is 0.00000180. The fraction of sp³-hybridized carbons (Fsp3) is 0.500. The summed E-state index contributed by atoms with van der Waals surface area (Å²) in [5, 5.41) is 6.37. The molecule has 0 aromatic heterocycles. The maximum Gasteiger partial charge on any atom is 0.224 e. The van der Waals surface area contributed by atoms with Gasteiger partial charge in [0.05, 0.1) is 6.42 Å². The summed E-state index contributed by atoms with van der Waals surface area (Å²) in [5.74, 6) is 0.754. The van der Waals surface area contributed by atoms with Gasteiger partial charge in [0.1, 0.15) is 0 Å². The van der Waals surface area contributed by atoms with E-state index in [-0.39, 0.29) is 18.3 Å². The molecular weight excluding hydrogens is 328 g/mol. The Kier molecular flexibility index (Phi) is 7.42.